The molecule has 0 bridgehead atoms. The lowest BCUT2D eigenvalue weighted by Crippen LogP contribution is -2.48. The topological polar surface area (TPSA) is 84.9 Å². The quantitative estimate of drug-likeness (QED) is 0.742. The van der Waals surface area contributed by atoms with Gasteiger partial charge in [0.05, 0.1) is 7.11 Å². The molecule has 1 saturated heterocycles. The first-order chi connectivity index (χ1) is 14.1. The second-order valence-corrected chi connectivity index (χ2v) is 8.27. The van der Waals surface area contributed by atoms with Crippen LogP contribution in [-0.2, 0) is 19.1 Å². The van der Waals surface area contributed by atoms with E-state index in [2.05, 4.69) is 5.32 Å². The van der Waals surface area contributed by atoms with Gasteiger partial charge in [0, 0.05) is 23.7 Å². The fourth-order valence-corrected chi connectivity index (χ4v) is 4.64. The van der Waals surface area contributed by atoms with Gasteiger partial charge in [-0.05, 0) is 50.2 Å². The van der Waals surface area contributed by atoms with Gasteiger partial charge in [0.25, 0.3) is 5.91 Å². The van der Waals surface area contributed by atoms with Crippen molar-refractivity contribution in [2.75, 3.05) is 19.0 Å². The summed E-state index contributed by atoms with van der Waals surface area (Å²) in [7, 11) is 1.37. The largest absolute Gasteiger partial charge is 0.484 e. The molecule has 29 heavy (non-hydrogen) atoms. The molecule has 3 atom stereocenters. The van der Waals surface area contributed by atoms with Crippen LogP contribution in [-0.4, -0.2) is 48.5 Å². The van der Waals surface area contributed by atoms with E-state index >= 15 is 0 Å². The number of hydrogen-bond acceptors (Lipinski definition) is 5. The summed E-state index contributed by atoms with van der Waals surface area (Å²) in [4.78, 5) is 38.9. The number of esters is 1. The molecule has 0 aromatic heterocycles. The maximum Gasteiger partial charge on any atom is 0.328 e. The maximum atomic E-state index is 13.0. The number of likely N-dealkylation sites (tertiary alicyclic amines) is 1. The fraction of sp³-hybridized carbons (Fsp3) is 0.591. The summed E-state index contributed by atoms with van der Waals surface area (Å²) in [6.07, 6.45) is 6.74. The predicted octanol–water partition coefficient (Wildman–Crippen LogP) is 2.75. The Balaban J connectivity index is 1.40. The van der Waals surface area contributed by atoms with Crippen LogP contribution in [0.25, 0.3) is 0 Å². The lowest BCUT2D eigenvalue weighted by atomic mass is 9.85. The van der Waals surface area contributed by atoms with Crippen LogP contribution in [0.2, 0.25) is 0 Å². The van der Waals surface area contributed by atoms with Crippen molar-refractivity contribution in [1.29, 1.82) is 0 Å². The molecule has 156 valence electrons. The van der Waals surface area contributed by atoms with Crippen LogP contribution < -0.4 is 10.1 Å². The van der Waals surface area contributed by atoms with E-state index in [0.717, 1.165) is 38.5 Å². The smallest absolute Gasteiger partial charge is 0.328 e. The highest BCUT2D eigenvalue weighted by atomic mass is 16.5. The summed E-state index contributed by atoms with van der Waals surface area (Å²) >= 11 is 0. The zero-order valence-electron chi connectivity index (χ0n) is 16.8. The highest BCUT2D eigenvalue weighted by Gasteiger charge is 2.47. The highest BCUT2D eigenvalue weighted by molar-refractivity contribution is 5.94. The van der Waals surface area contributed by atoms with Gasteiger partial charge in [-0.25, -0.2) is 4.79 Å². The number of benzene rings is 1. The number of nitrogens with zero attached hydrogens (tertiary/aromatic N) is 1. The summed E-state index contributed by atoms with van der Waals surface area (Å²) < 4.78 is 10.7. The summed E-state index contributed by atoms with van der Waals surface area (Å²) in [6, 6.07) is 6.63. The van der Waals surface area contributed by atoms with Crippen molar-refractivity contribution < 1.29 is 23.9 Å². The first-order valence-electron chi connectivity index (χ1n) is 10.5. The second-order valence-electron chi connectivity index (χ2n) is 8.27. The summed E-state index contributed by atoms with van der Waals surface area (Å²) in [5.74, 6) is 0.480. The van der Waals surface area contributed by atoms with E-state index in [1.54, 1.807) is 29.2 Å². The molecule has 2 aliphatic carbocycles. The Morgan fingerprint density at radius 1 is 1.14 bits per heavy atom. The average Bonchev–Trinajstić information content (AvgIpc) is 3.52. The molecule has 3 fully saturated rings. The highest BCUT2D eigenvalue weighted by Crippen LogP contribution is 2.40. The molecule has 3 unspecified atom stereocenters. The van der Waals surface area contributed by atoms with Gasteiger partial charge >= 0.3 is 5.97 Å². The van der Waals surface area contributed by atoms with Crippen molar-refractivity contribution >= 4 is 23.5 Å². The van der Waals surface area contributed by atoms with Crippen LogP contribution in [0.5, 0.6) is 5.75 Å². The molecule has 4 rings (SSSR count). The number of fused-ring (bicyclic) bond motifs is 1. The maximum absolute atomic E-state index is 13.0. The van der Waals surface area contributed by atoms with Gasteiger partial charge in [-0.3, -0.25) is 9.59 Å². The Bertz CT molecular complexity index is 791. The van der Waals surface area contributed by atoms with E-state index in [4.69, 9.17) is 9.47 Å². The monoisotopic (exact) mass is 400 g/mol. The number of ether oxygens (including phenoxy) is 2. The lowest BCUT2D eigenvalue weighted by Gasteiger charge is -2.33. The predicted molar refractivity (Wildman–Crippen MR) is 106 cm³/mol. The molecule has 7 heteroatoms. The van der Waals surface area contributed by atoms with E-state index < -0.39 is 6.04 Å². The third kappa shape index (κ3) is 4.38. The van der Waals surface area contributed by atoms with Gasteiger partial charge < -0.3 is 19.7 Å². The minimum absolute atomic E-state index is 0.0274. The number of carbonyl (C=O) groups excluding carboxylic acids is 3. The van der Waals surface area contributed by atoms with Crippen molar-refractivity contribution in [3.63, 3.8) is 0 Å². The van der Waals surface area contributed by atoms with Crippen molar-refractivity contribution in [1.82, 2.24) is 4.90 Å². The van der Waals surface area contributed by atoms with Gasteiger partial charge in [-0.1, -0.05) is 18.9 Å². The SMILES string of the molecule is COC(=O)C1CC2CCCCC2N1C(=O)COc1cccc(NC(=O)C2CC2)c1. The summed E-state index contributed by atoms with van der Waals surface area (Å²) in [5.41, 5.74) is 0.660. The Labute approximate surface area is 170 Å². The standard InChI is InChI=1S/C22H28N2O5/c1-28-22(27)19-11-15-5-2-3-8-18(15)24(19)20(25)13-29-17-7-4-6-16(12-17)23-21(26)14-9-10-14/h4,6-7,12,14-15,18-19H,2-3,5,8-11,13H2,1H3,(H,23,26). The lowest BCUT2D eigenvalue weighted by molar-refractivity contribution is -0.153. The van der Waals surface area contributed by atoms with E-state index in [9.17, 15) is 14.4 Å². The van der Waals surface area contributed by atoms with E-state index in [1.165, 1.54) is 7.11 Å². The van der Waals surface area contributed by atoms with E-state index in [-0.39, 0.29) is 36.4 Å². The van der Waals surface area contributed by atoms with Gasteiger partial charge in [-0.2, -0.15) is 0 Å². The molecule has 1 aliphatic heterocycles. The molecule has 1 aromatic carbocycles. The number of carbonyl (C=O) groups is 3. The Morgan fingerprint density at radius 3 is 2.69 bits per heavy atom. The molecule has 2 amide bonds. The zero-order chi connectivity index (χ0) is 20.4. The van der Waals surface area contributed by atoms with Gasteiger partial charge in [-0.15, -0.1) is 0 Å². The molecule has 1 heterocycles. The number of hydrogen-bond donors (Lipinski definition) is 1. The number of nitrogens with one attached hydrogen (secondary N) is 1. The molecule has 2 saturated carbocycles. The molecule has 0 spiro atoms. The third-order valence-corrected chi connectivity index (χ3v) is 6.26. The van der Waals surface area contributed by atoms with Crippen LogP contribution in [0.3, 0.4) is 0 Å². The first-order valence-corrected chi connectivity index (χ1v) is 10.5. The van der Waals surface area contributed by atoms with Gasteiger partial charge in [0.15, 0.2) is 6.61 Å². The molecule has 0 radical (unpaired) electrons. The van der Waals surface area contributed by atoms with Gasteiger partial charge in [0.2, 0.25) is 5.91 Å². The molecular weight excluding hydrogens is 372 g/mol. The third-order valence-electron chi connectivity index (χ3n) is 6.26. The minimum Gasteiger partial charge on any atom is -0.484 e. The number of rotatable bonds is 6. The summed E-state index contributed by atoms with van der Waals surface area (Å²) in [5, 5.41) is 2.88. The molecule has 1 N–H and O–H groups in total. The molecule has 3 aliphatic rings. The van der Waals surface area contributed by atoms with Gasteiger partial charge in [0.1, 0.15) is 11.8 Å². The van der Waals surface area contributed by atoms with Crippen LogP contribution >= 0.6 is 0 Å². The average molecular weight is 400 g/mol. The van der Waals surface area contributed by atoms with E-state index in [1.807, 2.05) is 0 Å². The van der Waals surface area contributed by atoms with Crippen molar-refractivity contribution in [3.8, 4) is 5.75 Å². The van der Waals surface area contributed by atoms with Crippen LogP contribution in [0.1, 0.15) is 44.9 Å². The summed E-state index contributed by atoms with van der Waals surface area (Å²) in [6.45, 7) is -0.142. The number of anilines is 1. The van der Waals surface area contributed by atoms with Crippen LogP contribution in [0, 0.1) is 11.8 Å². The van der Waals surface area contributed by atoms with E-state index in [0.29, 0.717) is 23.8 Å². The Morgan fingerprint density at radius 2 is 1.93 bits per heavy atom. The van der Waals surface area contributed by atoms with Crippen LogP contribution in [0.4, 0.5) is 5.69 Å². The normalized spacial score (nSPS) is 25.8. The molecule has 7 nitrogen and oxygen atoms in total. The zero-order valence-corrected chi connectivity index (χ0v) is 16.8. The fourth-order valence-electron chi connectivity index (χ4n) is 4.64. The van der Waals surface area contributed by atoms with Crippen molar-refractivity contribution in [2.24, 2.45) is 11.8 Å². The minimum atomic E-state index is -0.520. The molecular formula is C22H28N2O5. The molecule has 1 aromatic rings. The Kier molecular flexibility index (Phi) is 5.74. The van der Waals surface area contributed by atoms with Crippen molar-refractivity contribution in [3.05, 3.63) is 24.3 Å². The first kappa shape index (κ1) is 19.7. The second kappa shape index (κ2) is 8.43. The van der Waals surface area contributed by atoms with Crippen molar-refractivity contribution in [2.45, 2.75) is 57.0 Å². The number of methoxy groups -OCH3 is 1. The van der Waals surface area contributed by atoms with Crippen LogP contribution in [0.15, 0.2) is 24.3 Å². The number of amides is 2. The Hall–Kier alpha value is -2.57.